The van der Waals surface area contributed by atoms with E-state index in [2.05, 4.69) is 35.3 Å². The lowest BCUT2D eigenvalue weighted by molar-refractivity contribution is 0.587. The Morgan fingerprint density at radius 1 is 1.30 bits per heavy atom. The number of rotatable bonds is 5. The van der Waals surface area contributed by atoms with E-state index in [-0.39, 0.29) is 5.88 Å². The lowest BCUT2D eigenvalue weighted by Gasteiger charge is -2.26. The van der Waals surface area contributed by atoms with Crippen molar-refractivity contribution in [2.45, 2.75) is 32.5 Å². The van der Waals surface area contributed by atoms with Crippen molar-refractivity contribution < 1.29 is 8.42 Å². The van der Waals surface area contributed by atoms with Gasteiger partial charge in [-0.25, -0.2) is 23.1 Å². The van der Waals surface area contributed by atoms with Crippen molar-refractivity contribution >= 4 is 21.7 Å². The van der Waals surface area contributed by atoms with Crippen LogP contribution < -0.4 is 20.3 Å². The van der Waals surface area contributed by atoms with Crippen molar-refractivity contribution in [2.75, 3.05) is 36.2 Å². The molecule has 3 N–H and O–H groups in total. The van der Waals surface area contributed by atoms with Gasteiger partial charge in [-0.15, -0.1) is 0 Å². The van der Waals surface area contributed by atoms with Gasteiger partial charge < -0.3 is 15.5 Å². The standard InChI is InChI=1S/C16H24N8O2S/c1-17-27(25,26)11-21-15-7-12-9-23(5-2-6-24(12)22-15)16-13-3-4-18-8-14(13)19-10-20-16/h7,10,17-18H,2-6,8-9,11H2,1H3,(H,21,22). The van der Waals surface area contributed by atoms with Gasteiger partial charge in [0.2, 0.25) is 10.0 Å². The second kappa shape index (κ2) is 7.41. The van der Waals surface area contributed by atoms with Crippen molar-refractivity contribution in [1.29, 1.82) is 0 Å². The SMILES string of the molecule is CNS(=O)(=O)CNc1cc2n(n1)CCCN(c1ncnc3c1CCNC3)C2. The number of anilines is 2. The maximum atomic E-state index is 11.6. The quantitative estimate of drug-likeness (QED) is 0.632. The highest BCUT2D eigenvalue weighted by atomic mass is 32.2. The fraction of sp³-hybridized carbons (Fsp3) is 0.562. The smallest absolute Gasteiger partial charge is 0.229 e. The van der Waals surface area contributed by atoms with Gasteiger partial charge in [0.15, 0.2) is 0 Å². The molecule has 4 heterocycles. The molecular formula is C16H24N8O2S. The fourth-order valence-corrected chi connectivity index (χ4v) is 3.99. The van der Waals surface area contributed by atoms with Gasteiger partial charge in [-0.2, -0.15) is 5.10 Å². The molecule has 0 spiro atoms. The Kier molecular flexibility index (Phi) is 4.98. The second-order valence-corrected chi connectivity index (χ2v) is 8.63. The molecule has 4 rings (SSSR count). The Morgan fingerprint density at radius 3 is 3.04 bits per heavy atom. The summed E-state index contributed by atoms with van der Waals surface area (Å²) in [5, 5.41) is 10.7. The number of sulfonamides is 1. The lowest BCUT2D eigenvalue weighted by Crippen LogP contribution is -2.30. The van der Waals surface area contributed by atoms with E-state index in [0.717, 1.165) is 56.2 Å². The average Bonchev–Trinajstić information content (AvgIpc) is 2.96. The van der Waals surface area contributed by atoms with E-state index in [1.807, 2.05) is 10.7 Å². The van der Waals surface area contributed by atoms with E-state index in [1.165, 1.54) is 12.6 Å². The first-order valence-electron chi connectivity index (χ1n) is 9.06. The van der Waals surface area contributed by atoms with Gasteiger partial charge in [-0.05, 0) is 26.4 Å². The minimum atomic E-state index is -3.33. The first-order chi connectivity index (χ1) is 13.1. The number of hydrogen-bond donors (Lipinski definition) is 3. The zero-order valence-electron chi connectivity index (χ0n) is 15.3. The highest BCUT2D eigenvalue weighted by Crippen LogP contribution is 2.26. The third kappa shape index (κ3) is 3.89. The van der Waals surface area contributed by atoms with E-state index in [9.17, 15) is 8.42 Å². The summed E-state index contributed by atoms with van der Waals surface area (Å²) in [7, 11) is -1.94. The molecule has 2 aromatic heterocycles. The van der Waals surface area contributed by atoms with Crippen LogP contribution in [-0.4, -0.2) is 54.2 Å². The van der Waals surface area contributed by atoms with E-state index >= 15 is 0 Å². The van der Waals surface area contributed by atoms with Crippen LogP contribution in [0.3, 0.4) is 0 Å². The summed E-state index contributed by atoms with van der Waals surface area (Å²) in [6.45, 7) is 4.10. The summed E-state index contributed by atoms with van der Waals surface area (Å²) < 4.78 is 27.5. The number of fused-ring (bicyclic) bond motifs is 2. The van der Waals surface area contributed by atoms with Crippen LogP contribution in [0.5, 0.6) is 0 Å². The molecule has 0 aliphatic carbocycles. The fourth-order valence-electron chi connectivity index (χ4n) is 3.51. The van der Waals surface area contributed by atoms with E-state index in [4.69, 9.17) is 0 Å². The summed E-state index contributed by atoms with van der Waals surface area (Å²) in [6.07, 6.45) is 3.51. The van der Waals surface area contributed by atoms with Crippen LogP contribution in [0.4, 0.5) is 11.6 Å². The molecular weight excluding hydrogens is 368 g/mol. The Labute approximate surface area is 158 Å². The molecule has 0 saturated carbocycles. The minimum Gasteiger partial charge on any atom is -0.354 e. The number of hydrogen-bond acceptors (Lipinski definition) is 8. The topological polar surface area (TPSA) is 117 Å². The molecule has 2 aliphatic rings. The molecule has 0 saturated heterocycles. The molecule has 11 heteroatoms. The Morgan fingerprint density at radius 2 is 2.19 bits per heavy atom. The molecule has 2 aromatic rings. The predicted molar refractivity (Wildman–Crippen MR) is 102 cm³/mol. The van der Waals surface area contributed by atoms with Crippen LogP contribution >= 0.6 is 0 Å². The third-order valence-electron chi connectivity index (χ3n) is 4.92. The van der Waals surface area contributed by atoms with Crippen LogP contribution in [-0.2, 0) is 36.1 Å². The molecule has 0 radical (unpaired) electrons. The van der Waals surface area contributed by atoms with Crippen molar-refractivity contribution in [3.05, 3.63) is 29.3 Å². The molecule has 0 amide bonds. The van der Waals surface area contributed by atoms with Gasteiger partial charge in [0.05, 0.1) is 17.9 Å². The van der Waals surface area contributed by atoms with Gasteiger partial charge in [0, 0.05) is 31.3 Å². The van der Waals surface area contributed by atoms with Crippen LogP contribution in [0.15, 0.2) is 12.4 Å². The molecule has 0 atom stereocenters. The molecule has 0 aromatic carbocycles. The summed E-state index contributed by atoms with van der Waals surface area (Å²) in [6, 6.07) is 1.92. The molecule has 0 unspecified atom stereocenters. The molecule has 27 heavy (non-hydrogen) atoms. The lowest BCUT2D eigenvalue weighted by atomic mass is 10.1. The van der Waals surface area contributed by atoms with Crippen molar-refractivity contribution in [2.24, 2.45) is 0 Å². The predicted octanol–water partition coefficient (Wildman–Crippen LogP) is -0.352. The van der Waals surface area contributed by atoms with Crippen LogP contribution in [0.1, 0.15) is 23.4 Å². The third-order valence-corrected chi connectivity index (χ3v) is 6.07. The minimum absolute atomic E-state index is 0.198. The maximum Gasteiger partial charge on any atom is 0.229 e. The van der Waals surface area contributed by atoms with Gasteiger partial charge in [0.25, 0.3) is 0 Å². The average molecular weight is 392 g/mol. The molecule has 10 nitrogen and oxygen atoms in total. The van der Waals surface area contributed by atoms with Crippen molar-refractivity contribution in [3.63, 3.8) is 0 Å². The molecule has 0 fully saturated rings. The Hall–Kier alpha value is -2.24. The zero-order valence-corrected chi connectivity index (χ0v) is 16.1. The van der Waals surface area contributed by atoms with E-state index in [1.54, 1.807) is 6.33 Å². The second-order valence-electron chi connectivity index (χ2n) is 6.71. The van der Waals surface area contributed by atoms with Crippen molar-refractivity contribution in [1.82, 2.24) is 29.8 Å². The largest absolute Gasteiger partial charge is 0.354 e. The Balaban J connectivity index is 1.55. The summed E-state index contributed by atoms with van der Waals surface area (Å²) in [4.78, 5) is 11.3. The van der Waals surface area contributed by atoms with Gasteiger partial charge in [0.1, 0.15) is 23.8 Å². The van der Waals surface area contributed by atoms with Gasteiger partial charge in [-0.1, -0.05) is 0 Å². The normalized spacial score (nSPS) is 17.1. The summed E-state index contributed by atoms with van der Waals surface area (Å²) in [5.41, 5.74) is 3.34. The monoisotopic (exact) mass is 392 g/mol. The van der Waals surface area contributed by atoms with Gasteiger partial charge in [-0.3, -0.25) is 4.68 Å². The van der Waals surface area contributed by atoms with Crippen LogP contribution in [0.2, 0.25) is 0 Å². The van der Waals surface area contributed by atoms with Crippen LogP contribution in [0.25, 0.3) is 0 Å². The zero-order chi connectivity index (χ0) is 18.9. The molecule has 2 aliphatic heterocycles. The first kappa shape index (κ1) is 18.1. The van der Waals surface area contributed by atoms with Crippen molar-refractivity contribution in [3.8, 4) is 0 Å². The molecule has 146 valence electrons. The number of aromatic nitrogens is 4. The maximum absolute atomic E-state index is 11.6. The van der Waals surface area contributed by atoms with Gasteiger partial charge >= 0.3 is 0 Å². The summed E-state index contributed by atoms with van der Waals surface area (Å²) in [5.74, 6) is 1.37. The van der Waals surface area contributed by atoms with E-state index in [0.29, 0.717) is 12.4 Å². The number of aryl methyl sites for hydroxylation is 1. The Bertz CT molecular complexity index is 926. The molecule has 0 bridgehead atoms. The first-order valence-corrected chi connectivity index (χ1v) is 10.7. The van der Waals surface area contributed by atoms with E-state index < -0.39 is 10.0 Å². The summed E-state index contributed by atoms with van der Waals surface area (Å²) >= 11 is 0. The number of nitrogens with one attached hydrogen (secondary N) is 3. The highest BCUT2D eigenvalue weighted by molar-refractivity contribution is 7.89. The van der Waals surface area contributed by atoms with Crippen LogP contribution in [0, 0.1) is 0 Å². The highest BCUT2D eigenvalue weighted by Gasteiger charge is 2.23. The number of nitrogens with zero attached hydrogens (tertiary/aromatic N) is 5.